The summed E-state index contributed by atoms with van der Waals surface area (Å²) in [5.41, 5.74) is 4.78. The van der Waals surface area contributed by atoms with Crippen molar-refractivity contribution in [3.8, 4) is 0 Å². The number of rotatable bonds is 2. The summed E-state index contributed by atoms with van der Waals surface area (Å²) >= 11 is 0. The van der Waals surface area contributed by atoms with Crippen LogP contribution in [0.1, 0.15) is 23.2 Å². The highest BCUT2D eigenvalue weighted by molar-refractivity contribution is 7.85. The van der Waals surface area contributed by atoms with Crippen molar-refractivity contribution in [2.24, 2.45) is 0 Å². The van der Waals surface area contributed by atoms with E-state index >= 15 is 0 Å². The number of amides is 1. The van der Waals surface area contributed by atoms with Gasteiger partial charge in [-0.2, -0.15) is 0 Å². The van der Waals surface area contributed by atoms with Crippen LogP contribution in [0, 0.1) is 11.6 Å². The number of anilines is 1. The van der Waals surface area contributed by atoms with Gasteiger partial charge in [0.2, 0.25) is 0 Å². The minimum atomic E-state index is -0.941. The smallest absolute Gasteiger partial charge is 0.254 e. The van der Waals surface area contributed by atoms with Gasteiger partial charge < -0.3 is 11.1 Å². The summed E-state index contributed by atoms with van der Waals surface area (Å²) in [6.45, 7) is 0. The van der Waals surface area contributed by atoms with Crippen molar-refractivity contribution >= 4 is 22.4 Å². The van der Waals surface area contributed by atoms with Crippen LogP contribution in [0.4, 0.5) is 14.5 Å². The van der Waals surface area contributed by atoms with Crippen molar-refractivity contribution in [2.45, 2.75) is 18.9 Å². The molecule has 3 N–H and O–H groups in total. The summed E-state index contributed by atoms with van der Waals surface area (Å²) in [6.07, 6.45) is 1.19. The number of hydrogen-bond donors (Lipinski definition) is 2. The van der Waals surface area contributed by atoms with Gasteiger partial charge in [0.15, 0.2) is 0 Å². The lowest BCUT2D eigenvalue weighted by Gasteiger charge is -2.22. The van der Waals surface area contributed by atoms with Crippen molar-refractivity contribution in [3.63, 3.8) is 0 Å². The first kappa shape index (κ1) is 13.9. The molecule has 0 radical (unpaired) electrons. The van der Waals surface area contributed by atoms with Crippen molar-refractivity contribution in [1.82, 2.24) is 5.32 Å². The molecule has 1 heterocycles. The number of carbonyl (C=O) groups excluding carboxylic acids is 1. The van der Waals surface area contributed by atoms with Gasteiger partial charge in [-0.1, -0.05) is 0 Å². The maximum Gasteiger partial charge on any atom is 0.254 e. The summed E-state index contributed by atoms with van der Waals surface area (Å²) in [7, 11) is -0.826. The van der Waals surface area contributed by atoms with Crippen LogP contribution in [0.25, 0.3) is 0 Å². The van der Waals surface area contributed by atoms with Crippen LogP contribution in [-0.2, 0) is 10.8 Å². The maximum atomic E-state index is 13.5. The molecule has 1 amide bonds. The number of carbonyl (C=O) groups is 1. The number of nitrogens with one attached hydrogen (secondary N) is 1. The molecule has 104 valence electrons. The lowest BCUT2D eigenvalue weighted by atomic mass is 10.1. The third-order valence-electron chi connectivity index (χ3n) is 3.05. The fourth-order valence-electron chi connectivity index (χ4n) is 1.94. The molecule has 0 aliphatic carbocycles. The minimum Gasteiger partial charge on any atom is -0.396 e. The zero-order valence-electron chi connectivity index (χ0n) is 10.1. The number of nitrogen functional groups attached to an aromatic ring is 1. The van der Waals surface area contributed by atoms with Gasteiger partial charge >= 0.3 is 0 Å². The highest BCUT2D eigenvalue weighted by Crippen LogP contribution is 2.17. The molecule has 4 nitrogen and oxygen atoms in total. The third kappa shape index (κ3) is 3.28. The molecule has 1 aliphatic rings. The molecule has 19 heavy (non-hydrogen) atoms. The topological polar surface area (TPSA) is 72.2 Å². The van der Waals surface area contributed by atoms with E-state index in [9.17, 15) is 17.8 Å². The molecular weight excluding hydrogens is 274 g/mol. The second kappa shape index (κ2) is 5.64. The van der Waals surface area contributed by atoms with Gasteiger partial charge in [0, 0.05) is 34.4 Å². The highest BCUT2D eigenvalue weighted by atomic mass is 32.2. The first-order valence-electron chi connectivity index (χ1n) is 5.87. The predicted molar refractivity (Wildman–Crippen MR) is 69.1 cm³/mol. The zero-order valence-corrected chi connectivity index (χ0v) is 10.9. The van der Waals surface area contributed by atoms with E-state index in [2.05, 4.69) is 5.32 Å². The van der Waals surface area contributed by atoms with E-state index in [1.165, 1.54) is 0 Å². The average molecular weight is 288 g/mol. The van der Waals surface area contributed by atoms with Crippen molar-refractivity contribution in [1.29, 1.82) is 0 Å². The molecule has 1 aliphatic heterocycles. The molecule has 7 heteroatoms. The van der Waals surface area contributed by atoms with Gasteiger partial charge in [0.25, 0.3) is 5.91 Å². The van der Waals surface area contributed by atoms with Gasteiger partial charge in [0.1, 0.15) is 11.6 Å². The standard InChI is InChI=1S/C12H14F2N2O2S/c13-9-6-10(14)11(15)5-8(9)12(17)16-7-1-3-19(18)4-2-7/h5-7H,1-4,15H2,(H,16,17). The first-order valence-corrected chi connectivity index (χ1v) is 7.36. The predicted octanol–water partition coefficient (Wildman–Crippen LogP) is 1.19. The van der Waals surface area contributed by atoms with Crippen LogP contribution in [0.15, 0.2) is 12.1 Å². The van der Waals surface area contributed by atoms with Crippen LogP contribution in [-0.4, -0.2) is 27.7 Å². The van der Waals surface area contributed by atoms with E-state index in [0.717, 1.165) is 6.07 Å². The monoisotopic (exact) mass is 288 g/mol. The number of hydrogen-bond acceptors (Lipinski definition) is 3. The zero-order chi connectivity index (χ0) is 14.0. The minimum absolute atomic E-state index is 0.129. The molecule has 1 saturated heterocycles. The largest absolute Gasteiger partial charge is 0.396 e. The summed E-state index contributed by atoms with van der Waals surface area (Å²) in [5, 5.41) is 2.65. The molecule has 0 unspecified atom stereocenters. The van der Waals surface area contributed by atoms with Crippen LogP contribution < -0.4 is 11.1 Å². The second-order valence-corrected chi connectivity index (χ2v) is 6.15. The van der Waals surface area contributed by atoms with Crippen molar-refractivity contribution in [3.05, 3.63) is 29.3 Å². The number of halogens is 2. The van der Waals surface area contributed by atoms with Crippen LogP contribution >= 0.6 is 0 Å². The Labute approximate surface area is 111 Å². The second-order valence-electron chi connectivity index (χ2n) is 4.45. The molecule has 0 saturated carbocycles. The van der Waals surface area contributed by atoms with E-state index in [4.69, 9.17) is 5.73 Å². The van der Waals surface area contributed by atoms with Crippen LogP contribution in [0.3, 0.4) is 0 Å². The Kier molecular flexibility index (Phi) is 4.14. The Bertz CT molecular complexity index is 527. The normalized spacial score (nSPS) is 23.1. The van der Waals surface area contributed by atoms with Crippen molar-refractivity contribution in [2.75, 3.05) is 17.2 Å². The van der Waals surface area contributed by atoms with Crippen LogP contribution in [0.5, 0.6) is 0 Å². The molecule has 1 aromatic carbocycles. The summed E-state index contributed by atoms with van der Waals surface area (Å²) in [6, 6.07) is 1.46. The van der Waals surface area contributed by atoms with Gasteiger partial charge in [-0.25, -0.2) is 8.78 Å². The van der Waals surface area contributed by atoms with E-state index in [1.807, 2.05) is 0 Å². The van der Waals surface area contributed by atoms with Gasteiger partial charge in [-0.15, -0.1) is 0 Å². The highest BCUT2D eigenvalue weighted by Gasteiger charge is 2.22. The van der Waals surface area contributed by atoms with Crippen molar-refractivity contribution < 1.29 is 17.8 Å². The summed E-state index contributed by atoms with van der Waals surface area (Å²) in [5.74, 6) is -1.40. The average Bonchev–Trinajstić information content (AvgIpc) is 2.36. The third-order valence-corrected chi connectivity index (χ3v) is 4.44. The molecule has 2 rings (SSSR count). The molecule has 0 spiro atoms. The molecule has 1 fully saturated rings. The van der Waals surface area contributed by atoms with Gasteiger partial charge in [-0.05, 0) is 18.9 Å². The number of benzene rings is 1. The lowest BCUT2D eigenvalue weighted by molar-refractivity contribution is 0.0930. The Balaban J connectivity index is 2.08. The van der Waals surface area contributed by atoms with E-state index in [-0.39, 0.29) is 17.3 Å². The fraction of sp³-hybridized carbons (Fsp3) is 0.417. The summed E-state index contributed by atoms with van der Waals surface area (Å²) < 4.78 is 37.7. The molecule has 0 aromatic heterocycles. The van der Waals surface area contributed by atoms with E-state index < -0.39 is 28.3 Å². The Morgan fingerprint density at radius 3 is 2.53 bits per heavy atom. The lowest BCUT2D eigenvalue weighted by Crippen LogP contribution is -2.39. The van der Waals surface area contributed by atoms with Gasteiger partial charge in [-0.3, -0.25) is 9.00 Å². The SMILES string of the molecule is Nc1cc(C(=O)NC2CCS(=O)CC2)c(F)cc1F. The quantitative estimate of drug-likeness (QED) is 0.803. The maximum absolute atomic E-state index is 13.5. The molecule has 1 aromatic rings. The fourth-order valence-corrected chi connectivity index (χ4v) is 3.24. The molecular formula is C12H14F2N2O2S. The number of nitrogens with two attached hydrogens (primary N) is 1. The summed E-state index contributed by atoms with van der Waals surface area (Å²) in [4.78, 5) is 11.9. The molecule has 0 bridgehead atoms. The Morgan fingerprint density at radius 1 is 1.26 bits per heavy atom. The first-order chi connectivity index (χ1) is 8.97. The molecule has 0 atom stereocenters. The van der Waals surface area contributed by atoms with E-state index in [1.54, 1.807) is 0 Å². The van der Waals surface area contributed by atoms with Gasteiger partial charge in [0.05, 0.1) is 11.3 Å². The van der Waals surface area contributed by atoms with Crippen LogP contribution in [0.2, 0.25) is 0 Å². The Hall–Kier alpha value is -1.50. The van der Waals surface area contributed by atoms with E-state index in [0.29, 0.717) is 30.4 Å². The Morgan fingerprint density at radius 2 is 1.89 bits per heavy atom.